The Kier molecular flexibility index (Phi) is 3.08. The standard InChI is InChI=1S/C11H7ClN4O/c12-8-6-14-16-10(8)11(17)15-9-4-2-1-3-7(9)5-13/h1-4,6H,(H,14,16)(H,15,17). The molecule has 2 rings (SSSR count). The Hall–Kier alpha value is -2.32. The summed E-state index contributed by atoms with van der Waals surface area (Å²) in [5, 5.41) is 17.8. The Morgan fingerprint density at radius 2 is 2.24 bits per heavy atom. The second-order valence-corrected chi connectivity index (χ2v) is 3.61. The van der Waals surface area contributed by atoms with Crippen LogP contribution in [0.5, 0.6) is 0 Å². The van der Waals surface area contributed by atoms with Crippen molar-refractivity contribution in [1.29, 1.82) is 5.26 Å². The Labute approximate surface area is 102 Å². The first-order valence-corrected chi connectivity index (χ1v) is 5.09. The van der Waals surface area contributed by atoms with Crippen molar-refractivity contribution in [3.63, 3.8) is 0 Å². The minimum Gasteiger partial charge on any atom is -0.319 e. The molecule has 1 aromatic heterocycles. The summed E-state index contributed by atoms with van der Waals surface area (Å²) in [6, 6.07) is 8.69. The summed E-state index contributed by atoms with van der Waals surface area (Å²) in [6.07, 6.45) is 1.34. The lowest BCUT2D eigenvalue weighted by Crippen LogP contribution is -2.13. The predicted molar refractivity (Wildman–Crippen MR) is 62.7 cm³/mol. The van der Waals surface area contributed by atoms with Crippen LogP contribution in [0.4, 0.5) is 5.69 Å². The first-order chi connectivity index (χ1) is 8.22. The number of hydrogen-bond donors (Lipinski definition) is 2. The van der Waals surface area contributed by atoms with Crippen molar-refractivity contribution < 1.29 is 4.79 Å². The summed E-state index contributed by atoms with van der Waals surface area (Å²) in [7, 11) is 0. The highest BCUT2D eigenvalue weighted by Crippen LogP contribution is 2.17. The van der Waals surface area contributed by atoms with Crippen molar-refractivity contribution in [2.45, 2.75) is 0 Å². The van der Waals surface area contributed by atoms with Crippen molar-refractivity contribution in [1.82, 2.24) is 10.2 Å². The van der Waals surface area contributed by atoms with E-state index < -0.39 is 5.91 Å². The second-order valence-electron chi connectivity index (χ2n) is 3.20. The molecule has 17 heavy (non-hydrogen) atoms. The molecule has 0 radical (unpaired) electrons. The summed E-state index contributed by atoms with van der Waals surface area (Å²) < 4.78 is 0. The van der Waals surface area contributed by atoms with Gasteiger partial charge in [-0.05, 0) is 12.1 Å². The molecule has 0 aliphatic rings. The monoisotopic (exact) mass is 246 g/mol. The molecule has 0 atom stereocenters. The highest BCUT2D eigenvalue weighted by molar-refractivity contribution is 6.34. The third kappa shape index (κ3) is 2.27. The molecule has 1 aromatic carbocycles. The van der Waals surface area contributed by atoms with Crippen molar-refractivity contribution >= 4 is 23.2 Å². The largest absolute Gasteiger partial charge is 0.319 e. The van der Waals surface area contributed by atoms with E-state index in [9.17, 15) is 4.79 Å². The normalized spacial score (nSPS) is 9.65. The number of H-pyrrole nitrogens is 1. The number of amides is 1. The van der Waals surface area contributed by atoms with E-state index in [-0.39, 0.29) is 10.7 Å². The number of anilines is 1. The molecule has 6 heteroatoms. The third-order valence-corrected chi connectivity index (χ3v) is 2.40. The number of para-hydroxylation sites is 1. The number of carbonyl (C=O) groups is 1. The van der Waals surface area contributed by atoms with Crippen LogP contribution in [0, 0.1) is 11.3 Å². The van der Waals surface area contributed by atoms with Gasteiger partial charge < -0.3 is 5.32 Å². The zero-order valence-corrected chi connectivity index (χ0v) is 9.32. The van der Waals surface area contributed by atoms with E-state index in [4.69, 9.17) is 16.9 Å². The lowest BCUT2D eigenvalue weighted by Gasteiger charge is -2.05. The van der Waals surface area contributed by atoms with Crippen LogP contribution in [0.1, 0.15) is 16.1 Å². The lowest BCUT2D eigenvalue weighted by atomic mass is 10.2. The Balaban J connectivity index is 2.26. The Bertz CT molecular complexity index is 600. The minimum atomic E-state index is -0.435. The van der Waals surface area contributed by atoms with Crippen LogP contribution in [0.3, 0.4) is 0 Å². The SMILES string of the molecule is N#Cc1ccccc1NC(=O)c1[nH]ncc1Cl. The average molecular weight is 247 g/mol. The molecule has 0 fully saturated rings. The summed E-state index contributed by atoms with van der Waals surface area (Å²) in [4.78, 5) is 11.8. The fourth-order valence-corrected chi connectivity index (χ4v) is 1.48. The fourth-order valence-electron chi connectivity index (χ4n) is 1.31. The average Bonchev–Trinajstić information content (AvgIpc) is 2.76. The van der Waals surface area contributed by atoms with Gasteiger partial charge in [-0.3, -0.25) is 9.89 Å². The highest BCUT2D eigenvalue weighted by atomic mass is 35.5. The summed E-state index contributed by atoms with van der Waals surface area (Å²) in [5.74, 6) is -0.435. The molecule has 0 spiro atoms. The first-order valence-electron chi connectivity index (χ1n) is 4.71. The van der Waals surface area contributed by atoms with Crippen LogP contribution in [0.2, 0.25) is 5.02 Å². The summed E-state index contributed by atoms with van der Waals surface area (Å²) in [6.45, 7) is 0. The third-order valence-electron chi connectivity index (χ3n) is 2.12. The van der Waals surface area contributed by atoms with E-state index in [1.165, 1.54) is 6.20 Å². The molecule has 84 valence electrons. The van der Waals surface area contributed by atoms with Gasteiger partial charge in [0.25, 0.3) is 5.91 Å². The van der Waals surface area contributed by atoms with E-state index in [0.717, 1.165) is 0 Å². The maximum Gasteiger partial charge on any atom is 0.275 e. The molecular weight excluding hydrogens is 240 g/mol. The quantitative estimate of drug-likeness (QED) is 0.852. The predicted octanol–water partition coefficient (Wildman–Crippen LogP) is 2.19. The fraction of sp³-hybridized carbons (Fsp3) is 0. The maximum absolute atomic E-state index is 11.8. The van der Waals surface area contributed by atoms with E-state index >= 15 is 0 Å². The molecule has 0 bridgehead atoms. The number of hydrogen-bond acceptors (Lipinski definition) is 3. The number of rotatable bonds is 2. The number of carbonyl (C=O) groups excluding carboxylic acids is 1. The van der Waals surface area contributed by atoms with E-state index in [2.05, 4.69) is 15.5 Å². The molecule has 0 saturated heterocycles. The molecule has 0 unspecified atom stereocenters. The molecule has 1 heterocycles. The van der Waals surface area contributed by atoms with Gasteiger partial charge in [-0.25, -0.2) is 0 Å². The number of nitriles is 1. The summed E-state index contributed by atoms with van der Waals surface area (Å²) in [5.41, 5.74) is 0.988. The zero-order chi connectivity index (χ0) is 12.3. The molecule has 0 aliphatic heterocycles. The van der Waals surface area contributed by atoms with Gasteiger partial charge in [0.2, 0.25) is 0 Å². The minimum absolute atomic E-state index is 0.166. The number of halogens is 1. The van der Waals surface area contributed by atoms with Crippen molar-refractivity contribution in [2.75, 3.05) is 5.32 Å². The van der Waals surface area contributed by atoms with Crippen LogP contribution < -0.4 is 5.32 Å². The van der Waals surface area contributed by atoms with Gasteiger partial charge in [-0.1, -0.05) is 23.7 Å². The number of benzene rings is 1. The van der Waals surface area contributed by atoms with Crippen LogP contribution in [-0.4, -0.2) is 16.1 Å². The Morgan fingerprint density at radius 1 is 1.47 bits per heavy atom. The molecule has 2 aromatic rings. The topological polar surface area (TPSA) is 81.6 Å². The highest BCUT2D eigenvalue weighted by Gasteiger charge is 2.13. The van der Waals surface area contributed by atoms with Gasteiger partial charge in [0, 0.05) is 0 Å². The smallest absolute Gasteiger partial charge is 0.275 e. The number of aromatic nitrogens is 2. The van der Waals surface area contributed by atoms with Gasteiger partial charge in [0.05, 0.1) is 22.5 Å². The van der Waals surface area contributed by atoms with Crippen LogP contribution in [0.15, 0.2) is 30.5 Å². The van der Waals surface area contributed by atoms with Gasteiger partial charge in [0.15, 0.2) is 0 Å². The van der Waals surface area contributed by atoms with Gasteiger partial charge >= 0.3 is 0 Å². The van der Waals surface area contributed by atoms with Crippen LogP contribution >= 0.6 is 11.6 Å². The van der Waals surface area contributed by atoms with Crippen molar-refractivity contribution in [2.24, 2.45) is 0 Å². The number of nitrogens with zero attached hydrogens (tertiary/aromatic N) is 2. The molecule has 2 N–H and O–H groups in total. The van der Waals surface area contributed by atoms with E-state index in [1.54, 1.807) is 24.3 Å². The maximum atomic E-state index is 11.8. The van der Waals surface area contributed by atoms with E-state index in [0.29, 0.717) is 11.3 Å². The van der Waals surface area contributed by atoms with Gasteiger partial charge in [-0.2, -0.15) is 10.4 Å². The number of nitrogens with one attached hydrogen (secondary N) is 2. The van der Waals surface area contributed by atoms with Crippen molar-refractivity contribution in [3.8, 4) is 6.07 Å². The van der Waals surface area contributed by atoms with Crippen molar-refractivity contribution in [3.05, 3.63) is 46.7 Å². The second kappa shape index (κ2) is 4.68. The lowest BCUT2D eigenvalue weighted by molar-refractivity contribution is 0.102. The van der Waals surface area contributed by atoms with Gasteiger partial charge in [-0.15, -0.1) is 0 Å². The molecule has 0 aliphatic carbocycles. The summed E-state index contributed by atoms with van der Waals surface area (Å²) >= 11 is 5.75. The molecular formula is C11H7ClN4O. The van der Waals surface area contributed by atoms with Crippen LogP contribution in [-0.2, 0) is 0 Å². The molecule has 5 nitrogen and oxygen atoms in total. The van der Waals surface area contributed by atoms with E-state index in [1.807, 2.05) is 6.07 Å². The Morgan fingerprint density at radius 3 is 2.88 bits per heavy atom. The first kappa shape index (κ1) is 11.2. The molecule has 0 saturated carbocycles. The molecule has 1 amide bonds. The number of aromatic amines is 1. The van der Waals surface area contributed by atoms with Crippen LogP contribution in [0.25, 0.3) is 0 Å². The zero-order valence-electron chi connectivity index (χ0n) is 8.57. The van der Waals surface area contributed by atoms with Gasteiger partial charge in [0.1, 0.15) is 11.8 Å².